The van der Waals surface area contributed by atoms with Gasteiger partial charge in [0.1, 0.15) is 0 Å². The molecule has 0 spiro atoms. The minimum absolute atomic E-state index is 0.106. The number of sulfone groups is 2. The summed E-state index contributed by atoms with van der Waals surface area (Å²) in [6.07, 6.45) is 0.424. The summed E-state index contributed by atoms with van der Waals surface area (Å²) in [7, 11) is -7.21. The first-order valence-corrected chi connectivity index (χ1v) is 7.66. The molecule has 0 aromatic carbocycles. The lowest BCUT2D eigenvalue weighted by Gasteiger charge is -2.14. The van der Waals surface area contributed by atoms with E-state index in [9.17, 15) is 16.8 Å². The van der Waals surface area contributed by atoms with Gasteiger partial charge in [-0.2, -0.15) is 0 Å². The first-order chi connectivity index (χ1) is 6.16. The minimum Gasteiger partial charge on any atom is -0.227 e. The van der Waals surface area contributed by atoms with Gasteiger partial charge in [-0.1, -0.05) is 6.92 Å². The van der Waals surface area contributed by atoms with E-state index in [-0.39, 0.29) is 5.75 Å². The van der Waals surface area contributed by atoms with E-state index in [1.54, 1.807) is 6.92 Å². The van der Waals surface area contributed by atoms with E-state index in [0.717, 1.165) is 0 Å². The van der Waals surface area contributed by atoms with Crippen LogP contribution < -0.4 is 0 Å². The quantitative estimate of drug-likeness (QED) is 0.724. The van der Waals surface area contributed by atoms with E-state index in [1.807, 2.05) is 0 Å². The molecule has 4 nitrogen and oxygen atoms in total. The molecule has 0 saturated heterocycles. The fourth-order valence-electron chi connectivity index (χ4n) is 0.921. The van der Waals surface area contributed by atoms with Gasteiger partial charge in [-0.3, -0.25) is 0 Å². The molecule has 0 aliphatic heterocycles. The Kier molecular flexibility index (Phi) is 4.58. The minimum atomic E-state index is -3.63. The highest BCUT2D eigenvalue weighted by Crippen LogP contribution is 2.23. The Morgan fingerprint density at radius 2 is 1.57 bits per heavy atom. The third-order valence-corrected chi connectivity index (χ3v) is 7.26. The summed E-state index contributed by atoms with van der Waals surface area (Å²) in [5.74, 6) is -0.106. The normalized spacial score (nSPS) is 13.9. The van der Waals surface area contributed by atoms with E-state index in [4.69, 9.17) is 0 Å². The average Bonchev–Trinajstić information content (AvgIpc) is 2.02. The van der Waals surface area contributed by atoms with Crippen LogP contribution in [0.4, 0.5) is 0 Å². The molecule has 0 aliphatic rings. The number of hydrogen-bond donors (Lipinski definition) is 0. The molecule has 0 atom stereocenters. The van der Waals surface area contributed by atoms with E-state index in [0.29, 0.717) is 6.42 Å². The van der Waals surface area contributed by atoms with Gasteiger partial charge in [-0.15, -0.1) is 0 Å². The molecule has 0 fully saturated rings. The first-order valence-electron chi connectivity index (χ1n) is 4.46. The van der Waals surface area contributed by atoms with Crippen molar-refractivity contribution >= 4 is 19.7 Å². The molecule has 85 valence electrons. The molecule has 0 bridgehead atoms. The van der Waals surface area contributed by atoms with Crippen molar-refractivity contribution < 1.29 is 16.8 Å². The summed E-state index contributed by atoms with van der Waals surface area (Å²) in [6.45, 7) is 5.81. The molecule has 0 saturated carbocycles. The molecule has 0 aliphatic carbocycles. The lowest BCUT2D eigenvalue weighted by atomic mass is 10.6. The van der Waals surface area contributed by atoms with E-state index in [2.05, 4.69) is 0 Å². The molecule has 0 aromatic heterocycles. The Bertz CT molecular complexity index is 364. The van der Waals surface area contributed by atoms with E-state index >= 15 is 0 Å². The van der Waals surface area contributed by atoms with Crippen molar-refractivity contribution in [1.29, 1.82) is 0 Å². The summed E-state index contributed by atoms with van der Waals surface area (Å²) in [6, 6.07) is 0. The van der Waals surface area contributed by atoms with Gasteiger partial charge in [0.15, 0.2) is 19.7 Å². The molecule has 14 heavy (non-hydrogen) atoms. The van der Waals surface area contributed by atoms with Gasteiger partial charge >= 0.3 is 0 Å². The Balaban J connectivity index is 5.08. The fourth-order valence-corrected chi connectivity index (χ4v) is 4.65. The van der Waals surface area contributed by atoms with Crippen LogP contribution in [0.5, 0.6) is 0 Å². The zero-order chi connectivity index (χ0) is 11.6. The van der Waals surface area contributed by atoms with Crippen molar-refractivity contribution in [2.75, 3.05) is 5.75 Å². The van der Waals surface area contributed by atoms with Crippen molar-refractivity contribution in [3.05, 3.63) is 4.58 Å². The predicted octanol–water partition coefficient (Wildman–Crippen LogP) is 1.14. The molecular weight excluding hydrogens is 224 g/mol. The zero-order valence-electron chi connectivity index (χ0n) is 8.94. The summed E-state index contributed by atoms with van der Waals surface area (Å²) in [5.41, 5.74) is 0. The molecule has 0 heterocycles. The van der Waals surface area contributed by atoms with Crippen LogP contribution in [-0.2, 0) is 19.7 Å². The predicted molar refractivity (Wildman–Crippen MR) is 57.1 cm³/mol. The molecule has 0 amide bonds. The van der Waals surface area contributed by atoms with Gasteiger partial charge in [0.05, 0.1) is 11.0 Å². The van der Waals surface area contributed by atoms with Crippen molar-refractivity contribution in [3.8, 4) is 0 Å². The summed E-state index contributed by atoms with van der Waals surface area (Å²) in [5, 5.41) is -0.686. The SMILES string of the molecule is CCCS(=O)(=O)[C](C)S(=O)(=O)C(C)C. The molecule has 0 rings (SSSR count). The Morgan fingerprint density at radius 3 is 1.86 bits per heavy atom. The van der Waals surface area contributed by atoms with Gasteiger partial charge in [0, 0.05) is 0 Å². The second-order valence-corrected chi connectivity index (χ2v) is 8.56. The second kappa shape index (κ2) is 4.61. The smallest absolute Gasteiger partial charge is 0.203 e. The number of rotatable bonds is 5. The summed E-state index contributed by atoms with van der Waals surface area (Å²) in [4.78, 5) is 0. The van der Waals surface area contributed by atoms with E-state index < -0.39 is 29.5 Å². The molecule has 0 unspecified atom stereocenters. The van der Waals surface area contributed by atoms with Crippen LogP contribution in [0.3, 0.4) is 0 Å². The topological polar surface area (TPSA) is 68.3 Å². The third kappa shape index (κ3) is 2.95. The average molecular weight is 241 g/mol. The maximum absolute atomic E-state index is 11.5. The van der Waals surface area contributed by atoms with Gasteiger partial charge in [-0.05, 0) is 27.2 Å². The van der Waals surface area contributed by atoms with Crippen LogP contribution >= 0.6 is 0 Å². The maximum Gasteiger partial charge on any atom is 0.203 e. The lowest BCUT2D eigenvalue weighted by molar-refractivity contribution is 0.582. The standard InChI is InChI=1S/C8H17O4S2/c1-5-6-13(9,10)8(4)14(11,12)7(2)3/h7H,5-6H2,1-4H3. The highest BCUT2D eigenvalue weighted by molar-refractivity contribution is 8.12. The second-order valence-electron chi connectivity index (χ2n) is 3.40. The van der Waals surface area contributed by atoms with Crippen LogP contribution in [0.1, 0.15) is 34.1 Å². The molecular formula is C8H17O4S2. The fraction of sp³-hybridized carbons (Fsp3) is 0.875. The monoisotopic (exact) mass is 241 g/mol. The molecule has 6 heteroatoms. The van der Waals surface area contributed by atoms with Gasteiger partial charge in [-0.25, -0.2) is 16.8 Å². The van der Waals surface area contributed by atoms with Crippen LogP contribution in [0.2, 0.25) is 0 Å². The van der Waals surface area contributed by atoms with E-state index in [1.165, 1.54) is 20.8 Å². The number of hydrogen-bond acceptors (Lipinski definition) is 4. The van der Waals surface area contributed by atoms with Crippen LogP contribution in [0.25, 0.3) is 0 Å². The molecule has 0 N–H and O–H groups in total. The summed E-state index contributed by atoms with van der Waals surface area (Å²) >= 11 is 0. The summed E-state index contributed by atoms with van der Waals surface area (Å²) < 4.78 is 45.6. The first kappa shape index (κ1) is 13.9. The van der Waals surface area contributed by atoms with Crippen molar-refractivity contribution in [3.63, 3.8) is 0 Å². The largest absolute Gasteiger partial charge is 0.227 e. The van der Waals surface area contributed by atoms with Gasteiger partial charge in [0.2, 0.25) is 4.58 Å². The Labute approximate surface area is 86.5 Å². The van der Waals surface area contributed by atoms with Crippen molar-refractivity contribution in [2.45, 2.75) is 39.4 Å². The lowest BCUT2D eigenvalue weighted by Crippen LogP contribution is -2.27. The Hall–Kier alpha value is -0.100. The third-order valence-electron chi connectivity index (χ3n) is 1.93. The zero-order valence-corrected chi connectivity index (χ0v) is 10.6. The molecule has 0 aromatic rings. The highest BCUT2D eigenvalue weighted by Gasteiger charge is 2.35. The van der Waals surface area contributed by atoms with Gasteiger partial charge in [0.25, 0.3) is 0 Å². The van der Waals surface area contributed by atoms with Crippen molar-refractivity contribution in [2.24, 2.45) is 0 Å². The van der Waals surface area contributed by atoms with Crippen LogP contribution in [0.15, 0.2) is 0 Å². The Morgan fingerprint density at radius 1 is 1.14 bits per heavy atom. The van der Waals surface area contributed by atoms with Crippen molar-refractivity contribution in [1.82, 2.24) is 0 Å². The molecule has 1 radical (unpaired) electrons. The van der Waals surface area contributed by atoms with Gasteiger partial charge < -0.3 is 0 Å². The maximum atomic E-state index is 11.5. The highest BCUT2D eigenvalue weighted by atomic mass is 32.3. The van der Waals surface area contributed by atoms with Crippen LogP contribution in [-0.4, -0.2) is 27.8 Å². The van der Waals surface area contributed by atoms with Crippen LogP contribution in [0, 0.1) is 4.58 Å².